The zero-order chi connectivity index (χ0) is 13.1. The number of carboxylic acid groups (broad SMARTS) is 1. The third kappa shape index (κ3) is 2.84. The molecule has 0 aliphatic heterocycles. The first kappa shape index (κ1) is 12.5. The van der Waals surface area contributed by atoms with Crippen LogP contribution in [0, 0.1) is 13.8 Å². The number of thiazole rings is 1. The smallest absolute Gasteiger partial charge is 0.339 e. The summed E-state index contributed by atoms with van der Waals surface area (Å²) in [6.07, 6.45) is 3.17. The summed E-state index contributed by atoms with van der Waals surface area (Å²) in [6.45, 7) is 4.33. The van der Waals surface area contributed by atoms with Crippen LogP contribution in [0.5, 0.6) is 0 Å². The molecule has 0 amide bonds. The summed E-state index contributed by atoms with van der Waals surface area (Å²) in [5, 5.41) is 13.2. The van der Waals surface area contributed by atoms with Gasteiger partial charge >= 0.3 is 5.97 Å². The van der Waals surface area contributed by atoms with Crippen molar-refractivity contribution >= 4 is 23.0 Å². The van der Waals surface area contributed by atoms with Crippen LogP contribution in [0.15, 0.2) is 18.5 Å². The second-order valence-corrected chi connectivity index (χ2v) is 5.19. The molecule has 0 spiro atoms. The van der Waals surface area contributed by atoms with E-state index in [9.17, 15) is 4.79 Å². The Morgan fingerprint density at radius 1 is 1.39 bits per heavy atom. The number of rotatable bonds is 4. The number of nitrogens with one attached hydrogen (secondary N) is 1. The Kier molecular flexibility index (Phi) is 3.57. The largest absolute Gasteiger partial charge is 0.478 e. The molecular formula is C12H13N3O2S. The highest BCUT2D eigenvalue weighted by molar-refractivity contribution is 7.11. The van der Waals surface area contributed by atoms with E-state index in [0.717, 1.165) is 15.6 Å². The summed E-state index contributed by atoms with van der Waals surface area (Å²) in [5.41, 5.74) is 1.55. The minimum Gasteiger partial charge on any atom is -0.478 e. The first-order valence-electron chi connectivity index (χ1n) is 5.41. The van der Waals surface area contributed by atoms with Gasteiger partial charge in [0.05, 0.1) is 17.2 Å². The maximum Gasteiger partial charge on any atom is 0.339 e. The SMILES string of the molecule is Cc1cc(NCc2cnc(C)s2)c(C(=O)O)cn1. The van der Waals surface area contributed by atoms with Crippen molar-refractivity contribution < 1.29 is 9.90 Å². The Balaban J connectivity index is 2.17. The van der Waals surface area contributed by atoms with Crippen LogP contribution in [0.25, 0.3) is 0 Å². The van der Waals surface area contributed by atoms with Crippen LogP contribution in [-0.2, 0) is 6.54 Å². The predicted molar refractivity (Wildman–Crippen MR) is 70.1 cm³/mol. The lowest BCUT2D eigenvalue weighted by atomic mass is 10.2. The molecule has 0 aliphatic carbocycles. The van der Waals surface area contributed by atoms with Gasteiger partial charge in [0.2, 0.25) is 0 Å². The summed E-state index contributed by atoms with van der Waals surface area (Å²) >= 11 is 1.59. The minimum absolute atomic E-state index is 0.182. The predicted octanol–water partition coefficient (Wildman–Crippen LogP) is 2.47. The molecule has 6 heteroatoms. The number of hydrogen-bond donors (Lipinski definition) is 2. The van der Waals surface area contributed by atoms with E-state index in [4.69, 9.17) is 5.11 Å². The van der Waals surface area contributed by atoms with Crippen LogP contribution in [0.1, 0.15) is 25.9 Å². The third-order valence-corrected chi connectivity index (χ3v) is 3.31. The van der Waals surface area contributed by atoms with E-state index in [0.29, 0.717) is 12.2 Å². The number of anilines is 1. The summed E-state index contributed by atoms with van der Waals surface area (Å²) in [5.74, 6) is -0.981. The first-order valence-corrected chi connectivity index (χ1v) is 6.23. The van der Waals surface area contributed by atoms with Gasteiger partial charge in [-0.25, -0.2) is 9.78 Å². The van der Waals surface area contributed by atoms with Crippen molar-refractivity contribution in [2.45, 2.75) is 20.4 Å². The van der Waals surface area contributed by atoms with E-state index < -0.39 is 5.97 Å². The second kappa shape index (κ2) is 5.14. The highest BCUT2D eigenvalue weighted by Gasteiger charge is 2.11. The summed E-state index contributed by atoms with van der Waals surface area (Å²) in [6, 6.07) is 1.73. The molecule has 2 aromatic heterocycles. The van der Waals surface area contributed by atoms with Gasteiger partial charge in [-0.15, -0.1) is 11.3 Å². The van der Waals surface area contributed by atoms with Gasteiger partial charge in [-0.05, 0) is 19.9 Å². The van der Waals surface area contributed by atoms with Gasteiger partial charge in [0.15, 0.2) is 0 Å². The van der Waals surface area contributed by atoms with Crippen molar-refractivity contribution in [3.63, 3.8) is 0 Å². The van der Waals surface area contributed by atoms with E-state index in [1.807, 2.05) is 13.8 Å². The number of pyridine rings is 1. The number of hydrogen-bond acceptors (Lipinski definition) is 5. The Morgan fingerprint density at radius 3 is 2.78 bits per heavy atom. The fourth-order valence-corrected chi connectivity index (χ4v) is 2.28. The van der Waals surface area contributed by atoms with Gasteiger partial charge in [-0.2, -0.15) is 0 Å². The van der Waals surface area contributed by atoms with Crippen LogP contribution < -0.4 is 5.32 Å². The lowest BCUT2D eigenvalue weighted by molar-refractivity contribution is 0.0697. The van der Waals surface area contributed by atoms with Crippen LogP contribution >= 0.6 is 11.3 Å². The van der Waals surface area contributed by atoms with Crippen LogP contribution in [0.4, 0.5) is 5.69 Å². The van der Waals surface area contributed by atoms with Crippen molar-refractivity contribution in [3.8, 4) is 0 Å². The minimum atomic E-state index is -0.981. The number of aromatic nitrogens is 2. The maximum atomic E-state index is 11.1. The number of aryl methyl sites for hydroxylation is 2. The molecule has 2 N–H and O–H groups in total. The Hall–Kier alpha value is -1.95. The van der Waals surface area contributed by atoms with Gasteiger partial charge in [0, 0.05) is 23.0 Å². The van der Waals surface area contributed by atoms with Gasteiger partial charge in [-0.3, -0.25) is 4.98 Å². The Labute approximate surface area is 109 Å². The molecule has 0 radical (unpaired) electrons. The van der Waals surface area contributed by atoms with Crippen molar-refractivity contribution in [2.24, 2.45) is 0 Å². The second-order valence-electron chi connectivity index (χ2n) is 3.88. The average Bonchev–Trinajstić information content (AvgIpc) is 2.72. The summed E-state index contributed by atoms with van der Waals surface area (Å²) in [7, 11) is 0. The Morgan fingerprint density at radius 2 is 2.17 bits per heavy atom. The molecular weight excluding hydrogens is 250 g/mol. The molecule has 0 unspecified atom stereocenters. The fraction of sp³-hybridized carbons (Fsp3) is 0.250. The molecule has 0 saturated heterocycles. The summed E-state index contributed by atoms with van der Waals surface area (Å²) in [4.78, 5) is 20.3. The van der Waals surface area contributed by atoms with Gasteiger partial charge in [0.1, 0.15) is 5.56 Å². The first-order chi connectivity index (χ1) is 8.56. The molecule has 2 aromatic rings. The van der Waals surface area contributed by atoms with E-state index in [1.54, 1.807) is 23.6 Å². The molecule has 2 rings (SSSR count). The quantitative estimate of drug-likeness (QED) is 0.886. The van der Waals surface area contributed by atoms with Crippen LogP contribution in [0.2, 0.25) is 0 Å². The van der Waals surface area contributed by atoms with Gasteiger partial charge in [-0.1, -0.05) is 0 Å². The van der Waals surface area contributed by atoms with Crippen molar-refractivity contribution in [2.75, 3.05) is 5.32 Å². The molecule has 2 heterocycles. The number of nitrogens with zero attached hydrogens (tertiary/aromatic N) is 2. The lowest BCUT2D eigenvalue weighted by Crippen LogP contribution is -2.07. The molecule has 5 nitrogen and oxygen atoms in total. The van der Waals surface area contributed by atoms with Gasteiger partial charge < -0.3 is 10.4 Å². The lowest BCUT2D eigenvalue weighted by Gasteiger charge is -2.08. The summed E-state index contributed by atoms with van der Waals surface area (Å²) < 4.78 is 0. The fourth-order valence-electron chi connectivity index (χ4n) is 1.55. The van der Waals surface area contributed by atoms with E-state index in [-0.39, 0.29) is 5.56 Å². The normalized spacial score (nSPS) is 10.3. The zero-order valence-corrected chi connectivity index (χ0v) is 10.9. The van der Waals surface area contributed by atoms with E-state index >= 15 is 0 Å². The third-order valence-electron chi connectivity index (χ3n) is 2.39. The van der Waals surface area contributed by atoms with E-state index in [1.165, 1.54) is 6.20 Å². The molecule has 0 aliphatic rings. The zero-order valence-electron chi connectivity index (χ0n) is 10.1. The van der Waals surface area contributed by atoms with Crippen LogP contribution in [-0.4, -0.2) is 21.0 Å². The highest BCUT2D eigenvalue weighted by Crippen LogP contribution is 2.18. The molecule has 0 atom stereocenters. The standard InChI is InChI=1S/C12H13N3O2S/c1-7-3-11(10(6-13-7)12(16)17)15-5-9-4-14-8(2)18-9/h3-4,6H,5H2,1-2H3,(H,13,15)(H,16,17). The number of carboxylic acids is 1. The van der Waals surface area contributed by atoms with Crippen LogP contribution in [0.3, 0.4) is 0 Å². The van der Waals surface area contributed by atoms with Crippen molar-refractivity contribution in [3.05, 3.63) is 39.6 Å². The maximum absolute atomic E-state index is 11.1. The number of carbonyl (C=O) groups is 1. The molecule has 18 heavy (non-hydrogen) atoms. The number of aromatic carboxylic acids is 1. The molecule has 0 aromatic carbocycles. The molecule has 0 saturated carbocycles. The monoisotopic (exact) mass is 263 g/mol. The highest BCUT2D eigenvalue weighted by atomic mass is 32.1. The van der Waals surface area contributed by atoms with E-state index in [2.05, 4.69) is 15.3 Å². The van der Waals surface area contributed by atoms with Gasteiger partial charge in [0.25, 0.3) is 0 Å². The Bertz CT molecular complexity index is 580. The van der Waals surface area contributed by atoms with Crippen molar-refractivity contribution in [1.29, 1.82) is 0 Å². The average molecular weight is 263 g/mol. The molecule has 0 fully saturated rings. The topological polar surface area (TPSA) is 75.1 Å². The molecule has 94 valence electrons. The molecule has 0 bridgehead atoms. The van der Waals surface area contributed by atoms with Crippen molar-refractivity contribution in [1.82, 2.24) is 9.97 Å².